The molecule has 164 valence electrons. The molecule has 0 saturated carbocycles. The van der Waals surface area contributed by atoms with Crippen molar-refractivity contribution in [2.75, 3.05) is 59.4 Å². The number of likely N-dealkylation sites (N-methyl/N-ethyl adjacent to an activating group) is 1. The quantitative estimate of drug-likeness (QED) is 0.723. The lowest BCUT2D eigenvalue weighted by Crippen LogP contribution is -2.57. The molecule has 1 aromatic carbocycles. The lowest BCUT2D eigenvalue weighted by Gasteiger charge is -2.39. The van der Waals surface area contributed by atoms with Crippen LogP contribution in [0.1, 0.15) is 16.7 Å². The van der Waals surface area contributed by atoms with Crippen LogP contribution in [-0.4, -0.2) is 92.1 Å². The zero-order valence-corrected chi connectivity index (χ0v) is 18.7. The molecule has 3 heterocycles. The summed E-state index contributed by atoms with van der Waals surface area (Å²) >= 11 is 0. The van der Waals surface area contributed by atoms with Crippen molar-refractivity contribution in [3.8, 4) is 0 Å². The van der Waals surface area contributed by atoms with Crippen LogP contribution in [0.4, 0.5) is 0 Å². The van der Waals surface area contributed by atoms with Crippen LogP contribution in [0.25, 0.3) is 11.0 Å². The van der Waals surface area contributed by atoms with Gasteiger partial charge in [-0.15, -0.1) is 0 Å². The normalized spacial score (nSPS) is 20.2. The van der Waals surface area contributed by atoms with Gasteiger partial charge in [-0.05, 0) is 32.0 Å². The number of carbonyl (C=O) groups excluding carboxylic acids is 1. The largest absolute Gasteiger partial charge is 0.464 e. The SMILES string of the molecule is Cc1ccc2c(CC(=O)N3CCN(S(=O)(=O)N4CCN(C)CC4)CC3)coc2c1C. The number of carbonyl (C=O) groups is 1. The summed E-state index contributed by atoms with van der Waals surface area (Å²) in [6.45, 7) is 8.10. The van der Waals surface area contributed by atoms with Gasteiger partial charge in [0.15, 0.2) is 0 Å². The van der Waals surface area contributed by atoms with Gasteiger partial charge in [0.05, 0.1) is 12.7 Å². The van der Waals surface area contributed by atoms with Crippen molar-refractivity contribution in [1.82, 2.24) is 18.4 Å². The van der Waals surface area contributed by atoms with Crippen molar-refractivity contribution in [3.63, 3.8) is 0 Å². The highest BCUT2D eigenvalue weighted by atomic mass is 32.2. The maximum atomic E-state index is 12.9. The topological polar surface area (TPSA) is 77.3 Å². The molecule has 0 aliphatic carbocycles. The number of furan rings is 1. The minimum atomic E-state index is -3.46. The summed E-state index contributed by atoms with van der Waals surface area (Å²) in [5.41, 5.74) is 3.97. The molecule has 30 heavy (non-hydrogen) atoms. The first-order valence-electron chi connectivity index (χ1n) is 10.4. The van der Waals surface area contributed by atoms with Gasteiger partial charge >= 0.3 is 0 Å². The van der Waals surface area contributed by atoms with Crippen LogP contribution in [-0.2, 0) is 21.4 Å². The molecule has 2 aliphatic rings. The minimum absolute atomic E-state index is 0.00701. The first kappa shape index (κ1) is 21.3. The van der Waals surface area contributed by atoms with E-state index < -0.39 is 10.2 Å². The molecule has 0 atom stereocenters. The summed E-state index contributed by atoms with van der Waals surface area (Å²) in [6.07, 6.45) is 1.93. The Hall–Kier alpha value is -1.94. The fraction of sp³-hybridized carbons (Fsp3) is 0.571. The molecular formula is C21H30N4O4S. The summed E-state index contributed by atoms with van der Waals surface area (Å²) in [5.74, 6) is 0.00701. The van der Waals surface area contributed by atoms with Gasteiger partial charge in [0.2, 0.25) is 5.91 Å². The molecule has 2 fully saturated rings. The molecule has 0 N–H and O–H groups in total. The molecule has 1 aromatic heterocycles. The molecular weight excluding hydrogens is 404 g/mol. The van der Waals surface area contributed by atoms with Gasteiger partial charge < -0.3 is 14.2 Å². The Balaban J connectivity index is 1.37. The summed E-state index contributed by atoms with van der Waals surface area (Å²) in [4.78, 5) is 16.7. The summed E-state index contributed by atoms with van der Waals surface area (Å²) in [6, 6.07) is 4.05. The number of aryl methyl sites for hydroxylation is 2. The van der Waals surface area contributed by atoms with E-state index in [-0.39, 0.29) is 12.3 Å². The molecule has 9 heteroatoms. The second kappa shape index (κ2) is 8.30. The molecule has 2 aliphatic heterocycles. The summed E-state index contributed by atoms with van der Waals surface area (Å²) in [5, 5.41) is 0.975. The zero-order valence-electron chi connectivity index (χ0n) is 17.9. The Morgan fingerprint density at radius 3 is 2.20 bits per heavy atom. The fourth-order valence-corrected chi connectivity index (χ4v) is 5.73. The van der Waals surface area contributed by atoms with E-state index in [0.29, 0.717) is 39.3 Å². The Bertz CT molecular complexity index is 1030. The standard InChI is InChI=1S/C21H30N4O4S/c1-16-4-5-19-18(15-29-21(19)17(16)2)14-20(26)23-8-12-25(13-9-23)30(27,28)24-10-6-22(3)7-11-24/h4-5,15H,6-14H2,1-3H3. The van der Waals surface area contributed by atoms with Crippen LogP contribution in [0, 0.1) is 13.8 Å². The average Bonchev–Trinajstić information content (AvgIpc) is 3.14. The molecule has 2 aromatic rings. The monoisotopic (exact) mass is 434 g/mol. The van der Waals surface area contributed by atoms with Gasteiger partial charge in [-0.3, -0.25) is 4.79 Å². The zero-order chi connectivity index (χ0) is 21.5. The van der Waals surface area contributed by atoms with Crippen LogP contribution < -0.4 is 0 Å². The highest BCUT2D eigenvalue weighted by Gasteiger charge is 2.34. The highest BCUT2D eigenvalue weighted by molar-refractivity contribution is 7.86. The van der Waals surface area contributed by atoms with E-state index in [9.17, 15) is 13.2 Å². The molecule has 1 amide bonds. The number of hydrogen-bond donors (Lipinski definition) is 0. The third kappa shape index (κ3) is 3.99. The predicted octanol–water partition coefficient (Wildman–Crippen LogP) is 1.23. The Morgan fingerprint density at radius 1 is 0.967 bits per heavy atom. The fourth-order valence-electron chi connectivity index (χ4n) is 4.15. The van der Waals surface area contributed by atoms with Crippen LogP contribution in [0.5, 0.6) is 0 Å². The molecule has 0 spiro atoms. The summed E-state index contributed by atoms with van der Waals surface area (Å²) in [7, 11) is -1.46. The van der Waals surface area contributed by atoms with Crippen molar-refractivity contribution in [3.05, 3.63) is 35.1 Å². The van der Waals surface area contributed by atoms with Crippen molar-refractivity contribution in [2.24, 2.45) is 0 Å². The van der Waals surface area contributed by atoms with E-state index in [4.69, 9.17) is 4.42 Å². The number of hydrogen-bond acceptors (Lipinski definition) is 5. The minimum Gasteiger partial charge on any atom is -0.464 e. The van der Waals surface area contributed by atoms with Crippen molar-refractivity contribution < 1.29 is 17.6 Å². The average molecular weight is 435 g/mol. The molecule has 0 bridgehead atoms. The molecule has 2 saturated heterocycles. The predicted molar refractivity (Wildman–Crippen MR) is 116 cm³/mol. The van der Waals surface area contributed by atoms with Gasteiger partial charge in [-0.1, -0.05) is 12.1 Å². The first-order valence-corrected chi connectivity index (χ1v) is 11.8. The summed E-state index contributed by atoms with van der Waals surface area (Å²) < 4.78 is 34.6. The number of nitrogens with zero attached hydrogens (tertiary/aromatic N) is 4. The Kier molecular flexibility index (Phi) is 5.89. The third-order valence-electron chi connectivity index (χ3n) is 6.39. The van der Waals surface area contributed by atoms with Crippen LogP contribution in [0.3, 0.4) is 0 Å². The maximum absolute atomic E-state index is 12.9. The lowest BCUT2D eigenvalue weighted by atomic mass is 10.0. The number of piperazine rings is 2. The van der Waals surface area contributed by atoms with E-state index >= 15 is 0 Å². The van der Waals surface area contributed by atoms with Gasteiger partial charge in [0, 0.05) is 63.3 Å². The van der Waals surface area contributed by atoms with Crippen LogP contribution in [0.15, 0.2) is 22.8 Å². The number of amides is 1. The Labute approximate surface area is 178 Å². The van der Waals surface area contributed by atoms with E-state index in [2.05, 4.69) is 4.90 Å². The van der Waals surface area contributed by atoms with Crippen molar-refractivity contribution >= 4 is 27.1 Å². The second-order valence-electron chi connectivity index (χ2n) is 8.31. The maximum Gasteiger partial charge on any atom is 0.282 e. The highest BCUT2D eigenvalue weighted by Crippen LogP contribution is 2.27. The van der Waals surface area contributed by atoms with Gasteiger partial charge in [-0.2, -0.15) is 17.0 Å². The molecule has 4 rings (SSSR count). The molecule has 0 radical (unpaired) electrons. The number of rotatable bonds is 4. The lowest BCUT2D eigenvalue weighted by molar-refractivity contribution is -0.131. The first-order chi connectivity index (χ1) is 14.3. The van der Waals surface area contributed by atoms with Gasteiger partial charge in [-0.25, -0.2) is 0 Å². The van der Waals surface area contributed by atoms with Crippen molar-refractivity contribution in [2.45, 2.75) is 20.3 Å². The number of fused-ring (bicyclic) bond motifs is 1. The smallest absolute Gasteiger partial charge is 0.282 e. The molecule has 8 nitrogen and oxygen atoms in total. The van der Waals surface area contributed by atoms with E-state index in [0.717, 1.165) is 40.7 Å². The van der Waals surface area contributed by atoms with E-state index in [1.807, 2.05) is 33.0 Å². The third-order valence-corrected chi connectivity index (χ3v) is 8.43. The molecule has 0 unspecified atom stereocenters. The number of benzene rings is 1. The van der Waals surface area contributed by atoms with Crippen molar-refractivity contribution in [1.29, 1.82) is 0 Å². The Morgan fingerprint density at radius 2 is 1.57 bits per heavy atom. The van der Waals surface area contributed by atoms with E-state index in [1.165, 1.54) is 4.31 Å². The van der Waals surface area contributed by atoms with Crippen LogP contribution >= 0.6 is 0 Å². The second-order valence-corrected chi connectivity index (χ2v) is 10.2. The van der Waals surface area contributed by atoms with Gasteiger partial charge in [0.25, 0.3) is 10.2 Å². The van der Waals surface area contributed by atoms with E-state index in [1.54, 1.807) is 15.5 Å². The van der Waals surface area contributed by atoms with Crippen LogP contribution in [0.2, 0.25) is 0 Å². The van der Waals surface area contributed by atoms with Gasteiger partial charge in [0.1, 0.15) is 5.58 Å².